The first-order valence-electron chi connectivity index (χ1n) is 6.74. The van der Waals surface area contributed by atoms with E-state index in [1.54, 1.807) is 6.07 Å². The van der Waals surface area contributed by atoms with Crippen molar-refractivity contribution in [2.75, 3.05) is 38.0 Å². The second kappa shape index (κ2) is 8.90. The molecule has 0 aliphatic heterocycles. The minimum absolute atomic E-state index is 0.0669. The standard InChI is InChI=1S/C14H20N2O5S2/c1-16(2)23(19,20)12-6-4-5-11(9-12)15-13(17)10-21-14(18)7-8-22-3/h4-6,9H,7-8,10H2,1-3H3,(H,15,17). The molecule has 0 aliphatic rings. The van der Waals surface area contributed by atoms with Crippen LogP contribution in [0.15, 0.2) is 29.2 Å². The normalized spacial score (nSPS) is 11.3. The molecule has 0 spiro atoms. The highest BCUT2D eigenvalue weighted by Gasteiger charge is 2.17. The number of thioether (sulfide) groups is 1. The van der Waals surface area contributed by atoms with Crippen molar-refractivity contribution in [3.63, 3.8) is 0 Å². The van der Waals surface area contributed by atoms with E-state index in [9.17, 15) is 18.0 Å². The first-order chi connectivity index (χ1) is 10.8. The summed E-state index contributed by atoms with van der Waals surface area (Å²) < 4.78 is 30.0. The Bertz CT molecular complexity index is 659. The average Bonchev–Trinajstić information content (AvgIpc) is 2.51. The van der Waals surface area contributed by atoms with Gasteiger partial charge in [0.15, 0.2) is 6.61 Å². The van der Waals surface area contributed by atoms with Crippen LogP contribution in [0.1, 0.15) is 6.42 Å². The first-order valence-corrected chi connectivity index (χ1v) is 9.57. The van der Waals surface area contributed by atoms with E-state index in [0.717, 1.165) is 4.31 Å². The lowest BCUT2D eigenvalue weighted by molar-refractivity contribution is -0.146. The van der Waals surface area contributed by atoms with Crippen LogP contribution in [-0.2, 0) is 24.3 Å². The maximum Gasteiger partial charge on any atom is 0.307 e. The second-order valence-electron chi connectivity index (χ2n) is 4.77. The topological polar surface area (TPSA) is 92.8 Å². The van der Waals surface area contributed by atoms with Crippen LogP contribution < -0.4 is 5.32 Å². The number of rotatable bonds is 8. The fraction of sp³-hybridized carbons (Fsp3) is 0.429. The molecule has 0 unspecified atom stereocenters. The molecule has 128 valence electrons. The molecular weight excluding hydrogens is 340 g/mol. The Morgan fingerprint density at radius 3 is 2.61 bits per heavy atom. The Kier molecular flexibility index (Phi) is 7.53. The van der Waals surface area contributed by atoms with Crippen LogP contribution in [0, 0.1) is 0 Å². The van der Waals surface area contributed by atoms with Gasteiger partial charge in [0, 0.05) is 25.5 Å². The number of hydrogen-bond acceptors (Lipinski definition) is 6. The maximum absolute atomic E-state index is 12.0. The van der Waals surface area contributed by atoms with Gasteiger partial charge in [-0.25, -0.2) is 12.7 Å². The molecule has 0 heterocycles. The van der Waals surface area contributed by atoms with E-state index in [-0.39, 0.29) is 11.3 Å². The number of anilines is 1. The van der Waals surface area contributed by atoms with Gasteiger partial charge in [0.1, 0.15) is 0 Å². The van der Waals surface area contributed by atoms with Crippen molar-refractivity contribution in [2.45, 2.75) is 11.3 Å². The van der Waals surface area contributed by atoms with Gasteiger partial charge < -0.3 is 10.1 Å². The first kappa shape index (κ1) is 19.5. The summed E-state index contributed by atoms with van der Waals surface area (Å²) in [5.41, 5.74) is 0.318. The molecular formula is C14H20N2O5S2. The Morgan fingerprint density at radius 1 is 1.30 bits per heavy atom. The van der Waals surface area contributed by atoms with Crippen molar-refractivity contribution >= 4 is 39.3 Å². The SMILES string of the molecule is CSCCC(=O)OCC(=O)Nc1cccc(S(=O)(=O)N(C)C)c1. The van der Waals surface area contributed by atoms with Gasteiger partial charge in [-0.05, 0) is 24.5 Å². The van der Waals surface area contributed by atoms with Crippen molar-refractivity contribution in [3.05, 3.63) is 24.3 Å². The van der Waals surface area contributed by atoms with E-state index >= 15 is 0 Å². The van der Waals surface area contributed by atoms with E-state index in [4.69, 9.17) is 4.74 Å². The van der Waals surface area contributed by atoms with Crippen LogP contribution in [0.2, 0.25) is 0 Å². The number of amides is 1. The van der Waals surface area contributed by atoms with E-state index in [1.165, 1.54) is 44.1 Å². The number of hydrogen-bond donors (Lipinski definition) is 1. The zero-order valence-electron chi connectivity index (χ0n) is 13.2. The molecule has 0 bridgehead atoms. The Balaban J connectivity index is 2.64. The number of carbonyl (C=O) groups is 2. The highest BCUT2D eigenvalue weighted by atomic mass is 32.2. The number of carbonyl (C=O) groups excluding carboxylic acids is 2. The third-order valence-electron chi connectivity index (χ3n) is 2.77. The van der Waals surface area contributed by atoms with E-state index < -0.39 is 28.5 Å². The van der Waals surface area contributed by atoms with Crippen molar-refractivity contribution in [1.29, 1.82) is 0 Å². The van der Waals surface area contributed by atoms with Crippen molar-refractivity contribution < 1.29 is 22.7 Å². The zero-order chi connectivity index (χ0) is 17.5. The van der Waals surface area contributed by atoms with Crippen molar-refractivity contribution in [2.24, 2.45) is 0 Å². The fourth-order valence-electron chi connectivity index (χ4n) is 1.55. The molecule has 0 aromatic heterocycles. The molecule has 1 N–H and O–H groups in total. The molecule has 23 heavy (non-hydrogen) atoms. The predicted octanol–water partition coefficient (Wildman–Crippen LogP) is 1.17. The Hall–Kier alpha value is -1.58. The van der Waals surface area contributed by atoms with Gasteiger partial charge in [0.25, 0.3) is 5.91 Å². The van der Waals surface area contributed by atoms with Gasteiger partial charge in [-0.1, -0.05) is 6.07 Å². The number of benzene rings is 1. The average molecular weight is 360 g/mol. The Morgan fingerprint density at radius 2 is 2.00 bits per heavy atom. The summed E-state index contributed by atoms with van der Waals surface area (Å²) in [6.45, 7) is -0.405. The van der Waals surface area contributed by atoms with E-state index in [2.05, 4.69) is 5.32 Å². The second-order valence-corrected chi connectivity index (χ2v) is 7.90. The summed E-state index contributed by atoms with van der Waals surface area (Å²) in [5, 5.41) is 2.50. The number of nitrogens with zero attached hydrogens (tertiary/aromatic N) is 1. The highest BCUT2D eigenvalue weighted by molar-refractivity contribution is 7.98. The molecule has 0 radical (unpaired) electrons. The highest BCUT2D eigenvalue weighted by Crippen LogP contribution is 2.17. The van der Waals surface area contributed by atoms with Crippen LogP contribution in [0.5, 0.6) is 0 Å². The number of nitrogens with one attached hydrogen (secondary N) is 1. The Labute approximate surface area is 140 Å². The molecule has 0 saturated heterocycles. The lowest BCUT2D eigenvalue weighted by Gasteiger charge is -2.12. The van der Waals surface area contributed by atoms with E-state index in [0.29, 0.717) is 11.4 Å². The summed E-state index contributed by atoms with van der Waals surface area (Å²) in [6, 6.07) is 5.87. The summed E-state index contributed by atoms with van der Waals surface area (Å²) in [6.07, 6.45) is 2.11. The molecule has 1 rings (SSSR count). The fourth-order valence-corrected chi connectivity index (χ4v) is 2.86. The maximum atomic E-state index is 12.0. The summed E-state index contributed by atoms with van der Waals surface area (Å²) >= 11 is 1.51. The molecule has 1 amide bonds. The molecule has 0 fully saturated rings. The van der Waals surface area contributed by atoms with Crippen LogP contribution in [-0.4, -0.2) is 57.3 Å². The molecule has 0 atom stereocenters. The van der Waals surface area contributed by atoms with Gasteiger partial charge in [0.2, 0.25) is 10.0 Å². The van der Waals surface area contributed by atoms with Gasteiger partial charge in [-0.15, -0.1) is 0 Å². The van der Waals surface area contributed by atoms with Gasteiger partial charge >= 0.3 is 5.97 Å². The third-order valence-corrected chi connectivity index (χ3v) is 5.19. The van der Waals surface area contributed by atoms with E-state index in [1.807, 2.05) is 6.26 Å². The third kappa shape index (κ3) is 6.20. The van der Waals surface area contributed by atoms with Crippen LogP contribution in [0.3, 0.4) is 0 Å². The van der Waals surface area contributed by atoms with Gasteiger partial charge in [-0.2, -0.15) is 11.8 Å². The predicted molar refractivity (Wildman–Crippen MR) is 89.9 cm³/mol. The lowest BCUT2D eigenvalue weighted by Crippen LogP contribution is -2.23. The summed E-state index contributed by atoms with van der Waals surface area (Å²) in [7, 11) is -0.726. The molecule has 9 heteroatoms. The smallest absolute Gasteiger partial charge is 0.307 e. The largest absolute Gasteiger partial charge is 0.456 e. The molecule has 7 nitrogen and oxygen atoms in total. The van der Waals surface area contributed by atoms with Gasteiger partial charge in [-0.3, -0.25) is 9.59 Å². The zero-order valence-corrected chi connectivity index (χ0v) is 14.9. The van der Waals surface area contributed by atoms with Crippen molar-refractivity contribution in [1.82, 2.24) is 4.31 Å². The number of sulfonamides is 1. The number of ether oxygens (including phenoxy) is 1. The summed E-state index contributed by atoms with van der Waals surface area (Å²) in [4.78, 5) is 23.1. The lowest BCUT2D eigenvalue weighted by atomic mass is 10.3. The van der Waals surface area contributed by atoms with Crippen LogP contribution >= 0.6 is 11.8 Å². The van der Waals surface area contributed by atoms with Crippen molar-refractivity contribution in [3.8, 4) is 0 Å². The molecule has 1 aromatic rings. The quantitative estimate of drug-likeness (QED) is 0.700. The monoisotopic (exact) mass is 360 g/mol. The van der Waals surface area contributed by atoms with Crippen LogP contribution in [0.4, 0.5) is 5.69 Å². The van der Waals surface area contributed by atoms with Crippen LogP contribution in [0.25, 0.3) is 0 Å². The summed E-state index contributed by atoms with van der Waals surface area (Å²) in [5.74, 6) is -0.342. The minimum atomic E-state index is -3.58. The molecule has 0 saturated carbocycles. The van der Waals surface area contributed by atoms with Gasteiger partial charge in [0.05, 0.1) is 11.3 Å². The molecule has 0 aliphatic carbocycles. The number of esters is 1. The molecule has 1 aromatic carbocycles. The minimum Gasteiger partial charge on any atom is -0.456 e.